The second-order valence-corrected chi connectivity index (χ2v) is 6.34. The van der Waals surface area contributed by atoms with E-state index in [1.165, 1.54) is 4.88 Å². The summed E-state index contributed by atoms with van der Waals surface area (Å²) in [5.41, 5.74) is -0.552. The van der Waals surface area contributed by atoms with E-state index in [1.54, 1.807) is 18.4 Å². The smallest absolute Gasteiger partial charge is 0.0931 e. The fourth-order valence-electron chi connectivity index (χ4n) is 2.31. The minimum Gasteiger partial charge on any atom is -0.390 e. The lowest BCUT2D eigenvalue weighted by Crippen LogP contribution is -2.38. The van der Waals surface area contributed by atoms with Crippen molar-refractivity contribution in [3.8, 4) is 0 Å². The van der Waals surface area contributed by atoms with Crippen molar-refractivity contribution >= 4 is 22.9 Å². The highest BCUT2D eigenvalue weighted by Crippen LogP contribution is 2.34. The van der Waals surface area contributed by atoms with Crippen LogP contribution >= 0.6 is 22.9 Å². The number of ether oxygens (including phenoxy) is 1. The molecule has 16 heavy (non-hydrogen) atoms. The zero-order chi connectivity index (χ0) is 11.6. The minimum absolute atomic E-state index is 0.326. The van der Waals surface area contributed by atoms with Gasteiger partial charge in [-0.3, -0.25) is 0 Å². The normalized spacial score (nSPS) is 30.6. The summed E-state index contributed by atoms with van der Waals surface area (Å²) in [7, 11) is 1.74. The summed E-state index contributed by atoms with van der Waals surface area (Å²) >= 11 is 7.45. The highest BCUT2D eigenvalue weighted by molar-refractivity contribution is 7.16. The number of methoxy groups -OCH3 is 1. The Morgan fingerprint density at radius 1 is 1.50 bits per heavy atom. The van der Waals surface area contributed by atoms with E-state index in [2.05, 4.69) is 0 Å². The average molecular weight is 261 g/mol. The van der Waals surface area contributed by atoms with Crippen LogP contribution in [0.4, 0.5) is 0 Å². The Balaban J connectivity index is 1.94. The fourth-order valence-corrected chi connectivity index (χ4v) is 3.54. The fraction of sp³-hybridized carbons (Fsp3) is 0.667. The number of thiophene rings is 1. The Hall–Kier alpha value is -0.0900. The number of halogens is 1. The molecule has 1 aliphatic rings. The van der Waals surface area contributed by atoms with E-state index in [9.17, 15) is 5.11 Å². The molecule has 1 saturated carbocycles. The van der Waals surface area contributed by atoms with Crippen LogP contribution in [-0.4, -0.2) is 23.9 Å². The minimum atomic E-state index is -0.552. The standard InChI is InChI=1S/C12H17ClO2S/c1-15-9-4-6-12(14,7-5-9)8-10-2-3-11(13)16-10/h2-3,9,14H,4-8H2,1H3. The van der Waals surface area contributed by atoms with Crippen molar-refractivity contribution in [1.82, 2.24) is 0 Å². The molecule has 1 heterocycles. The van der Waals surface area contributed by atoms with Crippen molar-refractivity contribution in [3.63, 3.8) is 0 Å². The van der Waals surface area contributed by atoms with Crippen LogP contribution in [0.5, 0.6) is 0 Å². The Labute approximate surface area is 105 Å². The summed E-state index contributed by atoms with van der Waals surface area (Å²) in [6.07, 6.45) is 4.59. The number of aliphatic hydroxyl groups is 1. The van der Waals surface area contributed by atoms with Crippen molar-refractivity contribution in [2.24, 2.45) is 0 Å². The molecule has 1 fully saturated rings. The molecule has 1 aliphatic carbocycles. The highest BCUT2D eigenvalue weighted by atomic mass is 35.5. The third kappa shape index (κ3) is 2.98. The van der Waals surface area contributed by atoms with Crippen molar-refractivity contribution in [2.45, 2.75) is 43.8 Å². The molecule has 2 nitrogen and oxygen atoms in total. The Morgan fingerprint density at radius 2 is 2.19 bits per heavy atom. The molecule has 0 bridgehead atoms. The van der Waals surface area contributed by atoms with Crippen LogP contribution in [-0.2, 0) is 11.2 Å². The van der Waals surface area contributed by atoms with Gasteiger partial charge in [0.25, 0.3) is 0 Å². The topological polar surface area (TPSA) is 29.5 Å². The molecule has 90 valence electrons. The second-order valence-electron chi connectivity index (χ2n) is 4.54. The predicted molar refractivity (Wildman–Crippen MR) is 67.2 cm³/mol. The van der Waals surface area contributed by atoms with Gasteiger partial charge >= 0.3 is 0 Å². The largest absolute Gasteiger partial charge is 0.390 e. The lowest BCUT2D eigenvalue weighted by molar-refractivity contribution is -0.0422. The van der Waals surface area contributed by atoms with Gasteiger partial charge < -0.3 is 9.84 Å². The van der Waals surface area contributed by atoms with Gasteiger partial charge in [0.1, 0.15) is 0 Å². The van der Waals surface area contributed by atoms with E-state index < -0.39 is 5.60 Å². The van der Waals surface area contributed by atoms with Crippen LogP contribution < -0.4 is 0 Å². The molecular weight excluding hydrogens is 244 g/mol. The van der Waals surface area contributed by atoms with Gasteiger partial charge in [0.05, 0.1) is 16.0 Å². The summed E-state index contributed by atoms with van der Waals surface area (Å²) in [4.78, 5) is 1.17. The molecule has 0 unspecified atom stereocenters. The van der Waals surface area contributed by atoms with Gasteiger partial charge in [0.15, 0.2) is 0 Å². The summed E-state index contributed by atoms with van der Waals surface area (Å²) in [6.45, 7) is 0. The predicted octanol–water partition coefficient (Wildman–Crippen LogP) is 3.26. The molecule has 0 saturated heterocycles. The van der Waals surface area contributed by atoms with E-state index in [0.29, 0.717) is 6.10 Å². The van der Waals surface area contributed by atoms with E-state index in [-0.39, 0.29) is 0 Å². The molecule has 0 aromatic carbocycles. The molecule has 0 spiro atoms. The molecule has 0 aliphatic heterocycles. The summed E-state index contributed by atoms with van der Waals surface area (Å²) in [5, 5.41) is 10.5. The van der Waals surface area contributed by atoms with Gasteiger partial charge in [-0.1, -0.05) is 11.6 Å². The van der Waals surface area contributed by atoms with Crippen molar-refractivity contribution in [3.05, 3.63) is 21.3 Å². The quantitative estimate of drug-likeness (QED) is 0.904. The average Bonchev–Trinajstić information content (AvgIpc) is 2.64. The zero-order valence-corrected chi connectivity index (χ0v) is 11.0. The maximum absolute atomic E-state index is 10.5. The molecule has 1 aromatic heterocycles. The molecule has 1 N–H and O–H groups in total. The van der Waals surface area contributed by atoms with E-state index in [0.717, 1.165) is 36.4 Å². The van der Waals surface area contributed by atoms with Crippen LogP contribution in [0.1, 0.15) is 30.6 Å². The first-order valence-electron chi connectivity index (χ1n) is 5.61. The molecule has 0 amide bonds. The second kappa shape index (κ2) is 5.05. The lowest BCUT2D eigenvalue weighted by Gasteiger charge is -2.35. The lowest BCUT2D eigenvalue weighted by atomic mass is 9.81. The Bertz CT molecular complexity index is 343. The Morgan fingerprint density at radius 3 is 2.69 bits per heavy atom. The first-order chi connectivity index (χ1) is 7.61. The molecule has 0 radical (unpaired) electrons. The number of hydrogen-bond donors (Lipinski definition) is 1. The molecule has 2 rings (SSSR count). The van der Waals surface area contributed by atoms with E-state index in [4.69, 9.17) is 16.3 Å². The van der Waals surface area contributed by atoms with Crippen LogP contribution in [0.15, 0.2) is 12.1 Å². The van der Waals surface area contributed by atoms with Gasteiger partial charge in [-0.05, 0) is 37.8 Å². The molecule has 0 atom stereocenters. The third-order valence-corrected chi connectivity index (χ3v) is 4.56. The van der Waals surface area contributed by atoms with E-state index in [1.807, 2.05) is 12.1 Å². The number of rotatable bonds is 3. The molecule has 1 aromatic rings. The highest BCUT2D eigenvalue weighted by Gasteiger charge is 2.33. The van der Waals surface area contributed by atoms with Crippen LogP contribution in [0.25, 0.3) is 0 Å². The first kappa shape index (κ1) is 12.4. The SMILES string of the molecule is COC1CCC(O)(Cc2ccc(Cl)s2)CC1. The van der Waals surface area contributed by atoms with Crippen LogP contribution in [0, 0.1) is 0 Å². The summed E-state index contributed by atoms with van der Waals surface area (Å²) < 4.78 is 6.10. The third-order valence-electron chi connectivity index (χ3n) is 3.33. The van der Waals surface area contributed by atoms with Gasteiger partial charge in [-0.2, -0.15) is 0 Å². The van der Waals surface area contributed by atoms with Gasteiger partial charge in [-0.15, -0.1) is 11.3 Å². The summed E-state index contributed by atoms with van der Waals surface area (Å²) in [6, 6.07) is 3.90. The van der Waals surface area contributed by atoms with Crippen LogP contribution in [0.3, 0.4) is 0 Å². The molecular formula is C12H17ClO2S. The van der Waals surface area contributed by atoms with E-state index >= 15 is 0 Å². The van der Waals surface area contributed by atoms with Gasteiger partial charge in [0.2, 0.25) is 0 Å². The Kier molecular flexibility index (Phi) is 3.90. The van der Waals surface area contributed by atoms with Crippen LogP contribution in [0.2, 0.25) is 4.34 Å². The number of hydrogen-bond acceptors (Lipinski definition) is 3. The zero-order valence-electron chi connectivity index (χ0n) is 9.41. The maximum Gasteiger partial charge on any atom is 0.0931 e. The first-order valence-corrected chi connectivity index (χ1v) is 6.80. The van der Waals surface area contributed by atoms with Crippen molar-refractivity contribution in [1.29, 1.82) is 0 Å². The summed E-state index contributed by atoms with van der Waals surface area (Å²) in [5.74, 6) is 0. The van der Waals surface area contributed by atoms with Gasteiger partial charge in [0, 0.05) is 18.4 Å². The van der Waals surface area contributed by atoms with Crippen molar-refractivity contribution < 1.29 is 9.84 Å². The monoisotopic (exact) mass is 260 g/mol. The van der Waals surface area contributed by atoms with Crippen molar-refractivity contribution in [2.75, 3.05) is 7.11 Å². The molecule has 4 heteroatoms. The van der Waals surface area contributed by atoms with Gasteiger partial charge in [-0.25, -0.2) is 0 Å². The maximum atomic E-state index is 10.5.